The first-order valence-electron chi connectivity index (χ1n) is 5.55. The molecule has 3 rings (SSSR count). The van der Waals surface area contributed by atoms with E-state index in [2.05, 4.69) is 20.3 Å². The van der Waals surface area contributed by atoms with Gasteiger partial charge in [0.15, 0.2) is 0 Å². The molecule has 0 unspecified atom stereocenters. The number of aliphatic imine (C=N–C) groups is 1. The van der Waals surface area contributed by atoms with Crippen molar-refractivity contribution in [3.8, 4) is 11.4 Å². The van der Waals surface area contributed by atoms with Gasteiger partial charge in [0.25, 0.3) is 0 Å². The molecular weight excluding hydrogens is 244 g/mol. The van der Waals surface area contributed by atoms with Crippen molar-refractivity contribution in [1.29, 1.82) is 0 Å². The molecule has 3 N–H and O–H groups in total. The summed E-state index contributed by atoms with van der Waals surface area (Å²) in [5.74, 6) is 1.43. The highest BCUT2D eigenvalue weighted by Gasteiger charge is 2.05. The van der Waals surface area contributed by atoms with Crippen LogP contribution in [0.1, 0.15) is 6.92 Å². The third-order valence-electron chi connectivity index (χ3n) is 2.57. The van der Waals surface area contributed by atoms with Crippen molar-refractivity contribution in [3.05, 3.63) is 35.0 Å². The van der Waals surface area contributed by atoms with Crippen LogP contribution in [0.4, 0.5) is 5.69 Å². The molecule has 1 aromatic carbocycles. The second-order valence-corrected chi connectivity index (χ2v) is 4.83. The summed E-state index contributed by atoms with van der Waals surface area (Å²) in [6.45, 7) is 1.77. The van der Waals surface area contributed by atoms with Gasteiger partial charge in [-0.25, -0.2) is 9.98 Å². The average Bonchev–Trinajstić information content (AvgIpc) is 2.95. The molecule has 4 nitrogen and oxygen atoms in total. The summed E-state index contributed by atoms with van der Waals surface area (Å²) in [5.41, 5.74) is 9.43. The first-order chi connectivity index (χ1) is 8.72. The molecule has 0 aliphatic carbocycles. The molecule has 2 aromatic heterocycles. The number of nitrogens with zero attached hydrogens (tertiary/aromatic N) is 2. The minimum atomic E-state index is 0.548. The molecule has 0 spiro atoms. The predicted octanol–water partition coefficient (Wildman–Crippen LogP) is 3.30. The molecule has 0 saturated carbocycles. The molecule has 5 heteroatoms. The molecule has 0 radical (unpaired) electrons. The van der Waals surface area contributed by atoms with Crippen molar-refractivity contribution in [2.75, 3.05) is 0 Å². The maximum Gasteiger partial charge on any atom is 0.139 e. The van der Waals surface area contributed by atoms with E-state index in [0.29, 0.717) is 5.84 Å². The maximum atomic E-state index is 5.58. The third-order valence-corrected chi connectivity index (χ3v) is 3.25. The number of nitrogens with one attached hydrogen (secondary N) is 1. The first-order valence-corrected chi connectivity index (χ1v) is 6.50. The molecule has 0 atom stereocenters. The number of amidine groups is 1. The molecule has 0 fully saturated rings. The van der Waals surface area contributed by atoms with Crippen molar-refractivity contribution in [2.24, 2.45) is 10.7 Å². The van der Waals surface area contributed by atoms with E-state index >= 15 is 0 Å². The predicted molar refractivity (Wildman–Crippen MR) is 76.4 cm³/mol. The van der Waals surface area contributed by atoms with E-state index in [1.807, 2.05) is 29.6 Å². The number of rotatable bonds is 2. The summed E-state index contributed by atoms with van der Waals surface area (Å²) in [6, 6.07) is 7.86. The Morgan fingerprint density at radius 2 is 2.28 bits per heavy atom. The number of fused-ring (bicyclic) bond motifs is 1. The fourth-order valence-corrected chi connectivity index (χ4v) is 2.45. The van der Waals surface area contributed by atoms with E-state index in [9.17, 15) is 0 Å². The van der Waals surface area contributed by atoms with E-state index in [-0.39, 0.29) is 0 Å². The highest BCUT2D eigenvalue weighted by atomic mass is 32.1. The topological polar surface area (TPSA) is 67.1 Å². The second-order valence-electron chi connectivity index (χ2n) is 4.05. The fourth-order valence-electron chi connectivity index (χ4n) is 1.81. The number of H-pyrrole nitrogens is 1. The van der Waals surface area contributed by atoms with Crippen molar-refractivity contribution in [3.63, 3.8) is 0 Å². The highest BCUT2D eigenvalue weighted by molar-refractivity contribution is 7.08. The summed E-state index contributed by atoms with van der Waals surface area (Å²) >= 11 is 1.66. The number of hydrogen-bond donors (Lipinski definition) is 2. The van der Waals surface area contributed by atoms with E-state index < -0.39 is 0 Å². The summed E-state index contributed by atoms with van der Waals surface area (Å²) < 4.78 is 0. The van der Waals surface area contributed by atoms with Crippen LogP contribution >= 0.6 is 11.3 Å². The fraction of sp³-hybridized carbons (Fsp3) is 0.0769. The van der Waals surface area contributed by atoms with Crippen molar-refractivity contribution >= 4 is 33.9 Å². The number of aromatic nitrogens is 2. The Morgan fingerprint density at radius 3 is 3.00 bits per heavy atom. The summed E-state index contributed by atoms with van der Waals surface area (Å²) in [6.07, 6.45) is 0. The van der Waals surface area contributed by atoms with Gasteiger partial charge in [-0.05, 0) is 36.6 Å². The van der Waals surface area contributed by atoms with Crippen LogP contribution in [0.5, 0.6) is 0 Å². The zero-order chi connectivity index (χ0) is 12.5. The molecule has 90 valence electrons. The lowest BCUT2D eigenvalue weighted by atomic mass is 10.3. The number of aromatic amines is 1. The minimum absolute atomic E-state index is 0.548. The SMILES string of the molecule is CC(N)=Nc1ccc2nc(-c3ccsc3)[nH]c2c1. The Kier molecular flexibility index (Phi) is 2.60. The van der Waals surface area contributed by atoms with Crippen molar-refractivity contribution in [1.82, 2.24) is 9.97 Å². The van der Waals surface area contributed by atoms with Gasteiger partial charge in [0.05, 0.1) is 22.6 Å². The number of hydrogen-bond acceptors (Lipinski definition) is 3. The molecule has 0 aliphatic heterocycles. The molecule has 3 aromatic rings. The molecule has 18 heavy (non-hydrogen) atoms. The van der Waals surface area contributed by atoms with Crippen LogP contribution in [-0.4, -0.2) is 15.8 Å². The van der Waals surface area contributed by atoms with Crippen molar-refractivity contribution in [2.45, 2.75) is 6.92 Å². The molecule has 0 amide bonds. The van der Waals surface area contributed by atoms with Gasteiger partial charge in [-0.3, -0.25) is 0 Å². The lowest BCUT2D eigenvalue weighted by Gasteiger charge is -1.94. The van der Waals surface area contributed by atoms with E-state index in [1.165, 1.54) is 0 Å². The monoisotopic (exact) mass is 256 g/mol. The summed E-state index contributed by atoms with van der Waals surface area (Å²) in [5, 5.41) is 4.11. The van der Waals surface area contributed by atoms with Gasteiger partial charge in [0, 0.05) is 10.9 Å². The van der Waals surface area contributed by atoms with Crippen LogP contribution in [-0.2, 0) is 0 Å². The lowest BCUT2D eigenvalue weighted by Crippen LogP contribution is -2.03. The standard InChI is InChI=1S/C13H12N4S/c1-8(14)15-10-2-3-11-12(6-10)17-13(16-11)9-4-5-18-7-9/h2-7H,1H3,(H2,14,15)(H,16,17). The van der Waals surface area contributed by atoms with Crippen LogP contribution in [0.25, 0.3) is 22.4 Å². The number of benzene rings is 1. The molecule has 2 heterocycles. The van der Waals surface area contributed by atoms with Gasteiger partial charge in [0.2, 0.25) is 0 Å². The molecular formula is C13H12N4S. The lowest BCUT2D eigenvalue weighted by molar-refractivity contribution is 1.35. The highest BCUT2D eigenvalue weighted by Crippen LogP contribution is 2.25. The maximum absolute atomic E-state index is 5.58. The van der Waals surface area contributed by atoms with E-state index in [0.717, 1.165) is 28.1 Å². The number of nitrogens with two attached hydrogens (primary N) is 1. The molecule has 0 saturated heterocycles. The van der Waals surface area contributed by atoms with E-state index in [1.54, 1.807) is 18.3 Å². The van der Waals surface area contributed by atoms with Crippen LogP contribution < -0.4 is 5.73 Å². The smallest absolute Gasteiger partial charge is 0.139 e. The Hall–Kier alpha value is -2.14. The van der Waals surface area contributed by atoms with Gasteiger partial charge in [-0.1, -0.05) is 0 Å². The Morgan fingerprint density at radius 1 is 1.39 bits per heavy atom. The Balaban J connectivity index is 2.10. The molecule has 0 bridgehead atoms. The molecule has 0 aliphatic rings. The first kappa shape index (κ1) is 11.0. The second kappa shape index (κ2) is 4.27. The normalized spacial score (nSPS) is 12.2. The minimum Gasteiger partial charge on any atom is -0.387 e. The summed E-state index contributed by atoms with van der Waals surface area (Å²) in [7, 11) is 0. The van der Waals surface area contributed by atoms with E-state index in [4.69, 9.17) is 5.73 Å². The van der Waals surface area contributed by atoms with Gasteiger partial charge in [0.1, 0.15) is 5.82 Å². The van der Waals surface area contributed by atoms with Gasteiger partial charge in [-0.15, -0.1) is 0 Å². The largest absolute Gasteiger partial charge is 0.387 e. The van der Waals surface area contributed by atoms with Crippen LogP contribution in [0.2, 0.25) is 0 Å². The van der Waals surface area contributed by atoms with Crippen molar-refractivity contribution < 1.29 is 0 Å². The Labute approximate surface area is 108 Å². The van der Waals surface area contributed by atoms with Crippen LogP contribution in [0, 0.1) is 0 Å². The zero-order valence-corrected chi connectivity index (χ0v) is 10.7. The summed E-state index contributed by atoms with van der Waals surface area (Å²) in [4.78, 5) is 12.1. The van der Waals surface area contributed by atoms with Crippen LogP contribution in [0.15, 0.2) is 40.0 Å². The van der Waals surface area contributed by atoms with Gasteiger partial charge < -0.3 is 10.7 Å². The Bertz CT molecular complexity index is 706. The average molecular weight is 256 g/mol. The van der Waals surface area contributed by atoms with Crippen LogP contribution in [0.3, 0.4) is 0 Å². The van der Waals surface area contributed by atoms with Gasteiger partial charge in [-0.2, -0.15) is 11.3 Å². The third kappa shape index (κ3) is 2.00. The quantitative estimate of drug-likeness (QED) is 0.545. The number of imidazole rings is 1. The zero-order valence-electron chi connectivity index (χ0n) is 9.84. The van der Waals surface area contributed by atoms with Gasteiger partial charge >= 0.3 is 0 Å². The number of thiophene rings is 1.